The summed E-state index contributed by atoms with van der Waals surface area (Å²) in [5, 5.41) is 20.5. The lowest BCUT2D eigenvalue weighted by atomic mass is 9.90. The van der Waals surface area contributed by atoms with E-state index in [1.54, 1.807) is 24.3 Å². The van der Waals surface area contributed by atoms with Crippen LogP contribution in [0.3, 0.4) is 0 Å². The number of aliphatic hydroxyl groups is 2. The molecule has 4 rings (SSSR count). The SMILES string of the molecule is NCCOc1ccc2c(-c3ccccc3C(O)O)c3ccc(=O)cc-3oc2c1. The molecular formula is C22H19NO5. The van der Waals surface area contributed by atoms with Gasteiger partial charge in [0.25, 0.3) is 0 Å². The minimum absolute atomic E-state index is 0.174. The van der Waals surface area contributed by atoms with Crippen molar-refractivity contribution in [2.45, 2.75) is 6.29 Å². The number of rotatable bonds is 5. The van der Waals surface area contributed by atoms with Crippen LogP contribution in [0.4, 0.5) is 0 Å². The van der Waals surface area contributed by atoms with Gasteiger partial charge >= 0.3 is 0 Å². The monoisotopic (exact) mass is 377 g/mol. The molecule has 4 N–H and O–H groups in total. The molecule has 1 aliphatic carbocycles. The zero-order chi connectivity index (χ0) is 19.7. The van der Waals surface area contributed by atoms with Gasteiger partial charge in [-0.3, -0.25) is 4.79 Å². The summed E-state index contributed by atoms with van der Waals surface area (Å²) in [5.74, 6) is 1.01. The Balaban J connectivity index is 2.07. The first-order chi connectivity index (χ1) is 13.6. The normalized spacial score (nSPS) is 11.4. The van der Waals surface area contributed by atoms with Crippen LogP contribution in [0.1, 0.15) is 11.9 Å². The van der Waals surface area contributed by atoms with Crippen LogP contribution >= 0.6 is 0 Å². The molecule has 2 aromatic carbocycles. The average Bonchev–Trinajstić information content (AvgIpc) is 2.70. The van der Waals surface area contributed by atoms with Crippen molar-refractivity contribution in [1.82, 2.24) is 0 Å². The Morgan fingerprint density at radius 2 is 1.82 bits per heavy atom. The molecule has 6 nitrogen and oxygen atoms in total. The standard InChI is InChI=1S/C22H19NO5/c23-9-10-27-14-6-8-18-20(12-14)28-19-11-13(24)5-7-17(19)21(18)15-3-1-2-4-16(15)22(25)26/h1-8,11-12,22,25-26H,9-10,23H2. The summed E-state index contributed by atoms with van der Waals surface area (Å²) in [4.78, 5) is 11.9. The Morgan fingerprint density at radius 1 is 1.00 bits per heavy atom. The van der Waals surface area contributed by atoms with E-state index in [1.165, 1.54) is 12.1 Å². The smallest absolute Gasteiger partial charge is 0.182 e. The van der Waals surface area contributed by atoms with E-state index in [1.807, 2.05) is 24.3 Å². The second-order valence-electron chi connectivity index (χ2n) is 6.39. The van der Waals surface area contributed by atoms with Crippen molar-refractivity contribution in [2.24, 2.45) is 5.73 Å². The number of ether oxygens (including phenoxy) is 1. The van der Waals surface area contributed by atoms with E-state index in [2.05, 4.69) is 0 Å². The quantitative estimate of drug-likeness (QED) is 0.365. The molecule has 28 heavy (non-hydrogen) atoms. The molecule has 1 heterocycles. The third-order valence-corrected chi connectivity index (χ3v) is 4.56. The van der Waals surface area contributed by atoms with Gasteiger partial charge < -0.3 is 25.1 Å². The topological polar surface area (TPSA) is 106 Å². The van der Waals surface area contributed by atoms with Crippen LogP contribution in [-0.2, 0) is 0 Å². The Bertz CT molecular complexity index is 1170. The molecule has 0 atom stereocenters. The molecule has 0 saturated heterocycles. The number of aliphatic hydroxyl groups excluding tert-OH is 1. The number of hydrogen-bond donors (Lipinski definition) is 3. The highest BCUT2D eigenvalue weighted by Gasteiger charge is 2.21. The van der Waals surface area contributed by atoms with E-state index in [0.717, 1.165) is 10.9 Å². The molecule has 0 amide bonds. The lowest BCUT2D eigenvalue weighted by Crippen LogP contribution is -2.10. The summed E-state index contributed by atoms with van der Waals surface area (Å²) in [6.07, 6.45) is -1.63. The molecule has 0 spiro atoms. The highest BCUT2D eigenvalue weighted by molar-refractivity contribution is 6.02. The molecule has 2 aliphatic rings. The van der Waals surface area contributed by atoms with Gasteiger partial charge in [-0.05, 0) is 29.8 Å². The van der Waals surface area contributed by atoms with Crippen LogP contribution in [0.15, 0.2) is 69.9 Å². The Kier molecular flexibility index (Phi) is 4.83. The van der Waals surface area contributed by atoms with Crippen molar-refractivity contribution in [1.29, 1.82) is 0 Å². The maximum absolute atomic E-state index is 11.9. The first kappa shape index (κ1) is 18.2. The zero-order valence-electron chi connectivity index (χ0n) is 15.0. The predicted octanol–water partition coefficient (Wildman–Crippen LogP) is 2.89. The third-order valence-electron chi connectivity index (χ3n) is 4.56. The Hall–Kier alpha value is -3.19. The summed E-state index contributed by atoms with van der Waals surface area (Å²) in [6, 6.07) is 17.0. The van der Waals surface area contributed by atoms with Gasteiger partial charge in [-0.15, -0.1) is 0 Å². The molecule has 1 aliphatic heterocycles. The molecule has 142 valence electrons. The van der Waals surface area contributed by atoms with Crippen LogP contribution < -0.4 is 15.9 Å². The van der Waals surface area contributed by atoms with E-state index in [0.29, 0.717) is 46.9 Å². The fourth-order valence-electron chi connectivity index (χ4n) is 3.36. The van der Waals surface area contributed by atoms with Crippen LogP contribution in [0.5, 0.6) is 5.75 Å². The van der Waals surface area contributed by atoms with Crippen molar-refractivity contribution in [2.75, 3.05) is 13.2 Å². The van der Waals surface area contributed by atoms with Gasteiger partial charge in [0.05, 0.1) is 0 Å². The van der Waals surface area contributed by atoms with Crippen molar-refractivity contribution in [3.8, 4) is 28.2 Å². The van der Waals surface area contributed by atoms with Gasteiger partial charge in [0.15, 0.2) is 11.7 Å². The van der Waals surface area contributed by atoms with Gasteiger partial charge in [0, 0.05) is 40.8 Å². The fraction of sp³-hybridized carbons (Fsp3) is 0.136. The van der Waals surface area contributed by atoms with Gasteiger partial charge in [-0.25, -0.2) is 0 Å². The van der Waals surface area contributed by atoms with Crippen molar-refractivity contribution in [3.63, 3.8) is 0 Å². The molecule has 0 aromatic heterocycles. The highest BCUT2D eigenvalue weighted by Crippen LogP contribution is 2.42. The Labute approximate surface area is 160 Å². The zero-order valence-corrected chi connectivity index (χ0v) is 15.0. The lowest BCUT2D eigenvalue weighted by Gasteiger charge is -2.18. The number of fused-ring (bicyclic) bond motifs is 2. The van der Waals surface area contributed by atoms with Gasteiger partial charge in [-0.1, -0.05) is 24.3 Å². The lowest BCUT2D eigenvalue weighted by molar-refractivity contribution is -0.0420. The summed E-state index contributed by atoms with van der Waals surface area (Å²) in [6.45, 7) is 0.760. The first-order valence-electron chi connectivity index (χ1n) is 8.87. The van der Waals surface area contributed by atoms with Gasteiger partial charge in [0.1, 0.15) is 23.7 Å². The van der Waals surface area contributed by atoms with E-state index < -0.39 is 6.29 Å². The van der Waals surface area contributed by atoms with Crippen LogP contribution in [0.2, 0.25) is 0 Å². The van der Waals surface area contributed by atoms with Crippen LogP contribution in [-0.4, -0.2) is 23.4 Å². The molecule has 0 saturated carbocycles. The van der Waals surface area contributed by atoms with Gasteiger partial charge in [-0.2, -0.15) is 0 Å². The van der Waals surface area contributed by atoms with E-state index in [-0.39, 0.29) is 5.43 Å². The summed E-state index contributed by atoms with van der Waals surface area (Å²) in [5.41, 5.74) is 8.32. The third kappa shape index (κ3) is 3.25. The number of benzene rings is 3. The highest BCUT2D eigenvalue weighted by atomic mass is 16.5. The van der Waals surface area contributed by atoms with Crippen LogP contribution in [0, 0.1) is 0 Å². The summed E-state index contributed by atoms with van der Waals surface area (Å²) in [7, 11) is 0. The Morgan fingerprint density at radius 3 is 2.61 bits per heavy atom. The molecule has 0 bridgehead atoms. The second-order valence-corrected chi connectivity index (χ2v) is 6.39. The van der Waals surface area contributed by atoms with E-state index in [9.17, 15) is 15.0 Å². The van der Waals surface area contributed by atoms with Crippen molar-refractivity contribution in [3.05, 3.63) is 76.5 Å². The summed E-state index contributed by atoms with van der Waals surface area (Å²) >= 11 is 0. The fourth-order valence-corrected chi connectivity index (χ4v) is 3.36. The van der Waals surface area contributed by atoms with Gasteiger partial charge in [0.2, 0.25) is 0 Å². The van der Waals surface area contributed by atoms with Crippen LogP contribution in [0.25, 0.3) is 33.4 Å². The van der Waals surface area contributed by atoms with E-state index in [4.69, 9.17) is 14.9 Å². The minimum atomic E-state index is -1.63. The molecule has 0 unspecified atom stereocenters. The van der Waals surface area contributed by atoms with Crippen molar-refractivity contribution >= 4 is 11.0 Å². The number of nitrogens with two attached hydrogens (primary N) is 1. The molecule has 0 radical (unpaired) electrons. The van der Waals surface area contributed by atoms with Crippen molar-refractivity contribution < 1.29 is 19.4 Å². The molecule has 6 heteroatoms. The molecular weight excluding hydrogens is 358 g/mol. The summed E-state index contributed by atoms with van der Waals surface area (Å²) < 4.78 is 11.6. The maximum atomic E-state index is 11.9. The first-order valence-corrected chi connectivity index (χ1v) is 8.87. The molecule has 0 fully saturated rings. The molecule has 2 aromatic rings. The van der Waals surface area contributed by atoms with E-state index >= 15 is 0 Å². The minimum Gasteiger partial charge on any atom is -0.492 e. The average molecular weight is 377 g/mol. The predicted molar refractivity (Wildman–Crippen MR) is 106 cm³/mol. The number of hydrogen-bond acceptors (Lipinski definition) is 6. The largest absolute Gasteiger partial charge is 0.492 e. The maximum Gasteiger partial charge on any atom is 0.182 e. The second kappa shape index (κ2) is 7.44.